The monoisotopic (exact) mass is 523 g/mol. The summed E-state index contributed by atoms with van der Waals surface area (Å²) in [6.07, 6.45) is -0.988. The number of ether oxygens (including phenoxy) is 1. The average Bonchev–Trinajstić information content (AvgIpc) is 2.91. The van der Waals surface area contributed by atoms with Crippen LogP contribution in [-0.4, -0.2) is 21.7 Å². The molecule has 0 radical (unpaired) electrons. The first-order valence-corrected chi connectivity index (χ1v) is 11.4. The van der Waals surface area contributed by atoms with E-state index in [1.807, 2.05) is 12.1 Å². The molecule has 0 fully saturated rings. The number of halogens is 3. The van der Waals surface area contributed by atoms with Crippen molar-refractivity contribution in [1.82, 2.24) is 15.0 Å². The van der Waals surface area contributed by atoms with Gasteiger partial charge < -0.3 is 21.3 Å². The molecule has 0 amide bonds. The number of aryl methyl sites for hydroxylation is 1. The van der Waals surface area contributed by atoms with Gasteiger partial charge in [-0.25, -0.2) is 10.8 Å². The molecule has 0 aliphatic rings. The van der Waals surface area contributed by atoms with Gasteiger partial charge in [0.25, 0.3) is 5.56 Å². The molecule has 0 spiro atoms. The highest BCUT2D eigenvalue weighted by Gasteiger charge is 2.32. The van der Waals surface area contributed by atoms with Gasteiger partial charge in [-0.05, 0) is 47.4 Å². The third-order valence-corrected chi connectivity index (χ3v) is 5.60. The quantitative estimate of drug-likeness (QED) is 0.118. The maximum Gasteiger partial charge on any atom is 0.573 e. The van der Waals surface area contributed by atoms with Gasteiger partial charge in [-0.15, -0.1) is 13.2 Å². The molecule has 12 heteroatoms. The second-order valence-electron chi connectivity index (χ2n) is 8.09. The number of hydrogen-bond donors (Lipinski definition) is 4. The summed E-state index contributed by atoms with van der Waals surface area (Å²) < 4.78 is 45.1. The molecular formula is C26H24F3N7O2. The third kappa shape index (κ3) is 6.48. The fourth-order valence-electron chi connectivity index (χ4n) is 3.73. The van der Waals surface area contributed by atoms with Gasteiger partial charge in [0.1, 0.15) is 5.84 Å². The lowest BCUT2D eigenvalue weighted by Gasteiger charge is -2.16. The van der Waals surface area contributed by atoms with Crippen molar-refractivity contribution in [3.63, 3.8) is 0 Å². The topological polar surface area (TPSA) is 133 Å². The Morgan fingerprint density at radius 2 is 1.76 bits per heavy atom. The van der Waals surface area contributed by atoms with Gasteiger partial charge in [0.2, 0.25) is 0 Å². The highest BCUT2D eigenvalue weighted by atomic mass is 19.4. The predicted octanol–water partition coefficient (Wildman–Crippen LogP) is 4.21. The lowest BCUT2D eigenvalue weighted by atomic mass is 10.0. The van der Waals surface area contributed by atoms with Crippen molar-refractivity contribution >= 4 is 17.3 Å². The van der Waals surface area contributed by atoms with Crippen LogP contribution in [-0.2, 0) is 6.42 Å². The Morgan fingerprint density at radius 1 is 1.03 bits per heavy atom. The molecule has 0 saturated heterocycles. The molecule has 0 unspecified atom stereocenters. The highest BCUT2D eigenvalue weighted by Crippen LogP contribution is 2.35. The molecule has 1 aromatic heterocycles. The predicted molar refractivity (Wildman–Crippen MR) is 139 cm³/mol. The van der Waals surface area contributed by atoms with E-state index in [0.29, 0.717) is 35.5 Å². The zero-order valence-corrected chi connectivity index (χ0v) is 19.9. The largest absolute Gasteiger partial charge is 0.573 e. The van der Waals surface area contributed by atoms with E-state index in [1.165, 1.54) is 29.1 Å². The number of hydrogen-bond acceptors (Lipinski definition) is 7. The van der Waals surface area contributed by atoms with Gasteiger partial charge in [0.15, 0.2) is 11.6 Å². The van der Waals surface area contributed by atoms with Gasteiger partial charge in [-0.2, -0.15) is 5.10 Å². The summed E-state index contributed by atoms with van der Waals surface area (Å²) in [6.45, 7) is 0. The van der Waals surface area contributed by atoms with E-state index >= 15 is 0 Å². The Labute approximate surface area is 215 Å². The lowest BCUT2D eigenvalue weighted by Crippen LogP contribution is -2.31. The highest BCUT2D eigenvalue weighted by molar-refractivity contribution is 5.81. The summed E-state index contributed by atoms with van der Waals surface area (Å²) in [4.78, 5) is 17.2. The summed E-state index contributed by atoms with van der Waals surface area (Å²) in [5, 5.41) is 6.23. The summed E-state index contributed by atoms with van der Waals surface area (Å²) in [5.41, 5.74) is 4.51. The molecule has 0 atom stereocenters. The fraction of sp³-hybridized carbons (Fsp3) is 0.115. The maximum atomic E-state index is 13.2. The number of aromatic nitrogens is 2. The summed E-state index contributed by atoms with van der Waals surface area (Å²) in [6, 6.07) is 20.3. The number of hydrazone groups is 1. The van der Waals surface area contributed by atoms with E-state index in [9.17, 15) is 18.0 Å². The van der Waals surface area contributed by atoms with Crippen molar-refractivity contribution < 1.29 is 17.9 Å². The molecular weight excluding hydrogens is 499 g/mol. The first kappa shape index (κ1) is 26.2. The van der Waals surface area contributed by atoms with E-state index in [2.05, 4.69) is 25.6 Å². The van der Waals surface area contributed by atoms with E-state index < -0.39 is 17.7 Å². The van der Waals surface area contributed by atoms with Crippen LogP contribution in [0.4, 0.5) is 24.7 Å². The maximum absolute atomic E-state index is 13.2. The summed E-state index contributed by atoms with van der Waals surface area (Å²) in [5.74, 6) is 10.4. The van der Waals surface area contributed by atoms with Crippen LogP contribution >= 0.6 is 0 Å². The molecule has 6 N–H and O–H groups in total. The molecule has 9 nitrogen and oxygen atoms in total. The van der Waals surface area contributed by atoms with Crippen LogP contribution in [0.15, 0.2) is 95.1 Å². The van der Waals surface area contributed by atoms with Gasteiger partial charge in [-0.1, -0.05) is 48.5 Å². The van der Waals surface area contributed by atoms with Gasteiger partial charge in [-0.3, -0.25) is 9.36 Å². The molecule has 0 aliphatic heterocycles. The summed E-state index contributed by atoms with van der Waals surface area (Å²) >= 11 is 0. The van der Waals surface area contributed by atoms with E-state index in [1.54, 1.807) is 48.5 Å². The smallest absolute Gasteiger partial charge is 0.404 e. The zero-order chi connectivity index (χ0) is 27.1. The van der Waals surface area contributed by atoms with Crippen LogP contribution in [0.3, 0.4) is 0 Å². The van der Waals surface area contributed by atoms with Crippen LogP contribution in [0.2, 0.25) is 0 Å². The van der Waals surface area contributed by atoms with Crippen LogP contribution < -0.4 is 32.7 Å². The van der Waals surface area contributed by atoms with Crippen LogP contribution in [0.25, 0.3) is 16.8 Å². The third-order valence-electron chi connectivity index (χ3n) is 5.60. The standard InChI is InChI=1S/C26H24F3N7O2/c27-26(28,29)38-22-16-19(18-4-2-1-3-5-18)9-12-21(22)33-24-25(37)36(15-14-32-24)20-10-6-17(7-11-20)8-13-23(34-30)35-31/h1-7,9-12,14-16H,8,13,30-31H2,(H,32,33)(H,34,35). The molecule has 4 aromatic rings. The number of hydrazine groups is 1. The summed E-state index contributed by atoms with van der Waals surface area (Å²) in [7, 11) is 0. The van der Waals surface area contributed by atoms with Crippen molar-refractivity contribution in [2.45, 2.75) is 19.2 Å². The Morgan fingerprint density at radius 3 is 2.42 bits per heavy atom. The van der Waals surface area contributed by atoms with E-state index in [0.717, 1.165) is 5.56 Å². The number of nitrogens with one attached hydrogen (secondary N) is 2. The number of benzene rings is 3. The van der Waals surface area contributed by atoms with Crippen molar-refractivity contribution in [2.75, 3.05) is 5.32 Å². The number of alkyl halides is 3. The number of nitrogens with zero attached hydrogens (tertiary/aromatic N) is 3. The van der Waals surface area contributed by atoms with Crippen LogP contribution in [0, 0.1) is 0 Å². The van der Waals surface area contributed by atoms with Crippen LogP contribution in [0.5, 0.6) is 5.75 Å². The molecule has 196 valence electrons. The second-order valence-corrected chi connectivity index (χ2v) is 8.09. The molecule has 3 aromatic carbocycles. The zero-order valence-electron chi connectivity index (χ0n) is 19.9. The molecule has 0 aliphatic carbocycles. The van der Waals surface area contributed by atoms with Crippen molar-refractivity contribution in [1.29, 1.82) is 0 Å². The second kappa shape index (κ2) is 11.5. The Balaban J connectivity index is 1.61. The first-order valence-electron chi connectivity index (χ1n) is 11.4. The average molecular weight is 524 g/mol. The van der Waals surface area contributed by atoms with Crippen molar-refractivity contribution in [2.24, 2.45) is 16.8 Å². The minimum Gasteiger partial charge on any atom is -0.404 e. The van der Waals surface area contributed by atoms with Gasteiger partial charge in [0, 0.05) is 24.5 Å². The Bertz CT molecular complexity index is 1470. The molecule has 1 heterocycles. The molecule has 0 saturated carbocycles. The molecule has 38 heavy (non-hydrogen) atoms. The minimum absolute atomic E-state index is 0.0643. The molecule has 0 bridgehead atoms. The van der Waals surface area contributed by atoms with Crippen molar-refractivity contribution in [3.8, 4) is 22.6 Å². The van der Waals surface area contributed by atoms with Gasteiger partial charge >= 0.3 is 6.36 Å². The fourth-order valence-corrected chi connectivity index (χ4v) is 3.73. The number of nitrogens with two attached hydrogens (primary N) is 2. The number of rotatable bonds is 8. The van der Waals surface area contributed by atoms with Crippen LogP contribution in [0.1, 0.15) is 12.0 Å². The van der Waals surface area contributed by atoms with E-state index in [4.69, 9.17) is 11.7 Å². The van der Waals surface area contributed by atoms with E-state index in [-0.39, 0.29) is 11.5 Å². The van der Waals surface area contributed by atoms with Crippen molar-refractivity contribution in [3.05, 3.63) is 101 Å². The number of anilines is 2. The first-order chi connectivity index (χ1) is 18.3. The Kier molecular flexibility index (Phi) is 7.92. The SMILES string of the molecule is N/N=C(/CCc1ccc(-n2ccnc(Nc3ccc(-c4ccccc4)cc3OC(F)(F)F)c2=O)cc1)NN. The molecule has 4 rings (SSSR count). The van der Waals surface area contributed by atoms with Gasteiger partial charge in [0.05, 0.1) is 5.69 Å². The Hall–Kier alpha value is -4.84. The minimum atomic E-state index is -4.94. The number of amidine groups is 1. The lowest BCUT2D eigenvalue weighted by molar-refractivity contribution is -0.274. The normalized spacial score (nSPS) is 11.7.